The Kier molecular flexibility index (Phi) is 3.42. The van der Waals surface area contributed by atoms with Gasteiger partial charge in [-0.1, -0.05) is 11.2 Å². The molecular formula is C14H15N3O4. The van der Waals surface area contributed by atoms with Gasteiger partial charge in [0.05, 0.1) is 16.9 Å². The summed E-state index contributed by atoms with van der Waals surface area (Å²) in [6.07, 6.45) is 2.03. The summed E-state index contributed by atoms with van der Waals surface area (Å²) in [7, 11) is 0. The first-order chi connectivity index (χ1) is 10.1. The van der Waals surface area contributed by atoms with Crippen LogP contribution in [0.2, 0.25) is 0 Å². The van der Waals surface area contributed by atoms with Gasteiger partial charge in [-0.2, -0.15) is 4.98 Å². The second-order valence-electron chi connectivity index (χ2n) is 5.32. The zero-order chi connectivity index (χ0) is 15.0. The lowest BCUT2D eigenvalue weighted by Crippen LogP contribution is -2.11. The Bertz CT molecular complexity index is 683. The number of benzene rings is 1. The molecule has 1 aliphatic rings. The summed E-state index contributed by atoms with van der Waals surface area (Å²) in [6.45, 7) is 1.83. The smallest absolute Gasteiger partial charge is 0.270 e. The summed E-state index contributed by atoms with van der Waals surface area (Å²) in [4.78, 5) is 14.7. The fraction of sp³-hybridized carbons (Fsp3) is 0.429. The molecule has 1 saturated carbocycles. The van der Waals surface area contributed by atoms with E-state index in [4.69, 9.17) is 4.52 Å². The molecule has 1 aromatic heterocycles. The molecule has 2 atom stereocenters. The molecule has 1 heterocycles. The zero-order valence-corrected chi connectivity index (χ0v) is 11.5. The first-order valence-corrected chi connectivity index (χ1v) is 6.83. The number of aliphatic hydroxyl groups is 1. The average molecular weight is 289 g/mol. The lowest BCUT2D eigenvalue weighted by molar-refractivity contribution is -0.384. The Morgan fingerprint density at radius 2 is 2.24 bits per heavy atom. The van der Waals surface area contributed by atoms with Crippen LogP contribution >= 0.6 is 0 Å². The van der Waals surface area contributed by atoms with E-state index in [0.717, 1.165) is 24.8 Å². The maximum absolute atomic E-state index is 10.9. The van der Waals surface area contributed by atoms with Gasteiger partial charge in [0.2, 0.25) is 11.7 Å². The molecule has 1 aromatic carbocycles. The summed E-state index contributed by atoms with van der Waals surface area (Å²) in [5.74, 6) is 0.594. The van der Waals surface area contributed by atoms with Crippen molar-refractivity contribution in [1.82, 2.24) is 10.1 Å². The molecule has 110 valence electrons. The normalized spacial score (nSPS) is 21.6. The van der Waals surface area contributed by atoms with Crippen molar-refractivity contribution in [3.63, 3.8) is 0 Å². The van der Waals surface area contributed by atoms with Crippen LogP contribution in [0.1, 0.15) is 36.6 Å². The Balaban J connectivity index is 1.96. The number of aryl methyl sites for hydroxylation is 1. The van der Waals surface area contributed by atoms with Crippen LogP contribution in [-0.4, -0.2) is 26.3 Å². The molecule has 3 rings (SSSR count). The van der Waals surface area contributed by atoms with Crippen molar-refractivity contribution in [1.29, 1.82) is 0 Å². The molecular weight excluding hydrogens is 274 g/mol. The lowest BCUT2D eigenvalue weighted by atomic mass is 10.1. The van der Waals surface area contributed by atoms with Crippen LogP contribution in [0.25, 0.3) is 11.4 Å². The molecule has 0 spiro atoms. The SMILES string of the molecule is Cc1ccc([N+](=O)[O-])cc1-c1noc(C2CCCC2O)n1. The Labute approximate surface area is 120 Å². The van der Waals surface area contributed by atoms with Crippen molar-refractivity contribution < 1.29 is 14.6 Å². The standard InChI is InChI=1S/C14H15N3O4/c1-8-5-6-9(17(19)20)7-11(8)13-15-14(21-16-13)10-3-2-4-12(10)18/h5-7,10,12,18H,2-4H2,1H3. The first-order valence-electron chi connectivity index (χ1n) is 6.83. The highest BCUT2D eigenvalue weighted by atomic mass is 16.6. The maximum atomic E-state index is 10.9. The third kappa shape index (κ3) is 2.52. The van der Waals surface area contributed by atoms with Crippen molar-refractivity contribution in [3.8, 4) is 11.4 Å². The topological polar surface area (TPSA) is 102 Å². The fourth-order valence-electron chi connectivity index (χ4n) is 2.69. The van der Waals surface area contributed by atoms with Crippen molar-refractivity contribution in [2.45, 2.75) is 38.2 Å². The van der Waals surface area contributed by atoms with E-state index in [2.05, 4.69) is 10.1 Å². The Hall–Kier alpha value is -2.28. The molecule has 0 amide bonds. The third-order valence-corrected chi connectivity index (χ3v) is 3.91. The summed E-state index contributed by atoms with van der Waals surface area (Å²) < 4.78 is 5.24. The first kappa shape index (κ1) is 13.7. The van der Waals surface area contributed by atoms with E-state index >= 15 is 0 Å². The minimum Gasteiger partial charge on any atom is -0.392 e. The number of non-ortho nitro benzene ring substituents is 1. The van der Waals surface area contributed by atoms with Crippen LogP contribution in [0, 0.1) is 17.0 Å². The van der Waals surface area contributed by atoms with E-state index in [-0.39, 0.29) is 11.6 Å². The number of aromatic nitrogens is 2. The lowest BCUT2D eigenvalue weighted by Gasteiger charge is -2.07. The molecule has 1 aliphatic carbocycles. The summed E-state index contributed by atoms with van der Waals surface area (Å²) >= 11 is 0. The summed E-state index contributed by atoms with van der Waals surface area (Å²) in [6, 6.07) is 4.55. The van der Waals surface area contributed by atoms with Crippen LogP contribution < -0.4 is 0 Å². The van der Waals surface area contributed by atoms with Crippen LogP contribution in [-0.2, 0) is 0 Å². The van der Waals surface area contributed by atoms with Crippen molar-refractivity contribution >= 4 is 5.69 Å². The molecule has 1 N–H and O–H groups in total. The van der Waals surface area contributed by atoms with Crippen LogP contribution in [0.3, 0.4) is 0 Å². The van der Waals surface area contributed by atoms with Gasteiger partial charge in [-0.25, -0.2) is 0 Å². The largest absolute Gasteiger partial charge is 0.392 e. The van der Waals surface area contributed by atoms with Crippen LogP contribution in [0.15, 0.2) is 22.7 Å². The highest BCUT2D eigenvalue weighted by molar-refractivity contribution is 5.63. The van der Waals surface area contributed by atoms with Crippen molar-refractivity contribution in [2.24, 2.45) is 0 Å². The van der Waals surface area contributed by atoms with Gasteiger partial charge in [0.25, 0.3) is 5.69 Å². The number of aliphatic hydroxyl groups excluding tert-OH is 1. The highest BCUT2D eigenvalue weighted by Gasteiger charge is 2.31. The molecule has 0 radical (unpaired) electrons. The van der Waals surface area contributed by atoms with Crippen molar-refractivity contribution in [2.75, 3.05) is 0 Å². The molecule has 7 nitrogen and oxygen atoms in total. The van der Waals surface area contributed by atoms with Gasteiger partial charge in [0.15, 0.2) is 0 Å². The number of rotatable bonds is 3. The molecule has 0 bridgehead atoms. The van der Waals surface area contributed by atoms with Crippen molar-refractivity contribution in [3.05, 3.63) is 39.8 Å². The quantitative estimate of drug-likeness (QED) is 0.688. The third-order valence-electron chi connectivity index (χ3n) is 3.91. The van der Waals surface area contributed by atoms with Gasteiger partial charge < -0.3 is 9.63 Å². The molecule has 1 fully saturated rings. The van der Waals surface area contributed by atoms with Crippen LogP contribution in [0.4, 0.5) is 5.69 Å². The summed E-state index contributed by atoms with van der Waals surface area (Å²) in [5.41, 5.74) is 1.40. The van der Waals surface area contributed by atoms with E-state index < -0.39 is 11.0 Å². The fourth-order valence-corrected chi connectivity index (χ4v) is 2.69. The number of nitrogens with zero attached hydrogens (tertiary/aromatic N) is 3. The summed E-state index contributed by atoms with van der Waals surface area (Å²) in [5, 5.41) is 24.6. The second-order valence-corrected chi connectivity index (χ2v) is 5.32. The number of hydrogen-bond donors (Lipinski definition) is 1. The van der Waals surface area contributed by atoms with Crippen LogP contribution in [0.5, 0.6) is 0 Å². The maximum Gasteiger partial charge on any atom is 0.270 e. The average Bonchev–Trinajstić information content (AvgIpc) is 3.07. The monoisotopic (exact) mass is 289 g/mol. The molecule has 7 heteroatoms. The van der Waals surface area contributed by atoms with Gasteiger partial charge in [-0.3, -0.25) is 10.1 Å². The van der Waals surface area contributed by atoms with E-state index in [1.165, 1.54) is 12.1 Å². The number of hydrogen-bond acceptors (Lipinski definition) is 6. The van der Waals surface area contributed by atoms with Gasteiger partial charge >= 0.3 is 0 Å². The number of nitro benzene ring substituents is 1. The highest BCUT2D eigenvalue weighted by Crippen LogP contribution is 2.35. The molecule has 2 unspecified atom stereocenters. The van der Waals surface area contributed by atoms with E-state index in [0.29, 0.717) is 17.3 Å². The molecule has 21 heavy (non-hydrogen) atoms. The second kappa shape index (κ2) is 5.25. The molecule has 0 aliphatic heterocycles. The van der Waals surface area contributed by atoms with E-state index in [1.807, 2.05) is 6.92 Å². The van der Waals surface area contributed by atoms with Gasteiger partial charge in [-0.05, 0) is 31.7 Å². The predicted octanol–water partition coefficient (Wildman–Crippen LogP) is 2.58. The van der Waals surface area contributed by atoms with Gasteiger partial charge in [-0.15, -0.1) is 0 Å². The number of nitro groups is 1. The molecule has 2 aromatic rings. The Morgan fingerprint density at radius 1 is 1.43 bits per heavy atom. The minimum absolute atomic E-state index is 0.0112. The Morgan fingerprint density at radius 3 is 2.90 bits per heavy atom. The van der Waals surface area contributed by atoms with Gasteiger partial charge in [0.1, 0.15) is 0 Å². The molecule has 0 saturated heterocycles. The van der Waals surface area contributed by atoms with E-state index in [9.17, 15) is 15.2 Å². The van der Waals surface area contributed by atoms with E-state index in [1.54, 1.807) is 6.07 Å². The zero-order valence-electron chi connectivity index (χ0n) is 11.5. The minimum atomic E-state index is -0.454. The van der Waals surface area contributed by atoms with Gasteiger partial charge in [0, 0.05) is 17.7 Å². The predicted molar refractivity (Wildman–Crippen MR) is 73.7 cm³/mol.